The van der Waals surface area contributed by atoms with Crippen LogP contribution in [0.1, 0.15) is 0 Å². The summed E-state index contributed by atoms with van der Waals surface area (Å²) < 4.78 is 0. The molecule has 0 aliphatic rings. The number of H-pyrrole nitrogens is 1. The van der Waals surface area contributed by atoms with Gasteiger partial charge in [-0.05, 0) is 12.1 Å². The molecule has 3 N–H and O–H groups in total. The van der Waals surface area contributed by atoms with Crippen LogP contribution in [0.15, 0.2) is 24.5 Å². The minimum absolute atomic E-state index is 0. The number of hydrogen-bond donors (Lipinski definition) is 1. The van der Waals surface area contributed by atoms with Gasteiger partial charge in [0.25, 0.3) is 0 Å². The average molecular weight is 122 g/mol. The number of hydrogen-bond acceptors (Lipinski definition) is 0. The van der Waals surface area contributed by atoms with Gasteiger partial charge >= 0.3 is 0 Å². The van der Waals surface area contributed by atoms with Gasteiger partial charge in [-0.2, -0.15) is 0 Å². The molecule has 42 valence electrons. The molecule has 2 nitrogen and oxygen atoms in total. The summed E-state index contributed by atoms with van der Waals surface area (Å²) in [7, 11) is 0. The number of aromatic nitrogens is 1. The Labute approximate surface area is 48.3 Å². The molecule has 0 saturated heterocycles. The standard InChI is InChI=1S/C4H5N.ClH.H2O/c1-2-4-5-3-1;;/h1-5H;1H;1H2. The van der Waals surface area contributed by atoms with E-state index < -0.39 is 0 Å². The lowest BCUT2D eigenvalue weighted by molar-refractivity contribution is 0.824. The van der Waals surface area contributed by atoms with Crippen molar-refractivity contribution in [1.82, 2.24) is 4.98 Å². The summed E-state index contributed by atoms with van der Waals surface area (Å²) in [4.78, 5) is 2.86. The van der Waals surface area contributed by atoms with Gasteiger partial charge in [0.2, 0.25) is 0 Å². The first-order chi connectivity index (χ1) is 2.50. The first-order valence-electron chi connectivity index (χ1n) is 1.58. The molecule has 1 aromatic rings. The van der Waals surface area contributed by atoms with Gasteiger partial charge in [-0.15, -0.1) is 12.4 Å². The van der Waals surface area contributed by atoms with Gasteiger partial charge in [-0.3, -0.25) is 0 Å². The van der Waals surface area contributed by atoms with Crippen molar-refractivity contribution in [3.8, 4) is 0 Å². The van der Waals surface area contributed by atoms with Crippen molar-refractivity contribution in [2.24, 2.45) is 0 Å². The molecule has 1 rings (SSSR count). The van der Waals surface area contributed by atoms with E-state index in [0.717, 1.165) is 0 Å². The zero-order valence-electron chi connectivity index (χ0n) is 3.72. The Kier molecular flexibility index (Phi) is 7.69. The highest BCUT2D eigenvalue weighted by atomic mass is 35.5. The Morgan fingerprint density at radius 1 is 1.00 bits per heavy atom. The Morgan fingerprint density at radius 3 is 1.57 bits per heavy atom. The van der Waals surface area contributed by atoms with E-state index in [9.17, 15) is 0 Å². The summed E-state index contributed by atoms with van der Waals surface area (Å²) >= 11 is 0. The summed E-state index contributed by atoms with van der Waals surface area (Å²) in [6.45, 7) is 0. The van der Waals surface area contributed by atoms with E-state index >= 15 is 0 Å². The molecule has 0 radical (unpaired) electrons. The molecule has 0 saturated carbocycles. The van der Waals surface area contributed by atoms with Crippen molar-refractivity contribution >= 4 is 12.4 Å². The van der Waals surface area contributed by atoms with Gasteiger partial charge in [0, 0.05) is 12.4 Å². The third-order valence-corrected chi connectivity index (χ3v) is 0.496. The molecule has 7 heavy (non-hydrogen) atoms. The smallest absolute Gasteiger partial charge is 0.000496 e. The fourth-order valence-corrected chi connectivity index (χ4v) is 0.278. The van der Waals surface area contributed by atoms with Crippen molar-refractivity contribution < 1.29 is 5.48 Å². The van der Waals surface area contributed by atoms with Crippen molar-refractivity contribution in [1.29, 1.82) is 0 Å². The molecular weight excluding hydrogens is 114 g/mol. The summed E-state index contributed by atoms with van der Waals surface area (Å²) in [5.74, 6) is 0. The van der Waals surface area contributed by atoms with E-state index in [1.165, 1.54) is 0 Å². The molecule has 1 heterocycles. The molecule has 0 amide bonds. The normalized spacial score (nSPS) is 5.71. The second kappa shape index (κ2) is 5.53. The van der Waals surface area contributed by atoms with Crippen LogP contribution in [-0.4, -0.2) is 10.5 Å². The Balaban J connectivity index is 0. The molecule has 0 unspecified atom stereocenters. The summed E-state index contributed by atoms with van der Waals surface area (Å²) in [6, 6.07) is 3.89. The number of aromatic amines is 1. The van der Waals surface area contributed by atoms with Gasteiger partial charge in [0.05, 0.1) is 0 Å². The van der Waals surface area contributed by atoms with Crippen LogP contribution in [-0.2, 0) is 0 Å². The topological polar surface area (TPSA) is 47.3 Å². The number of nitrogens with one attached hydrogen (secondary N) is 1. The van der Waals surface area contributed by atoms with Crippen LogP contribution in [0.4, 0.5) is 0 Å². The van der Waals surface area contributed by atoms with E-state index in [1.54, 1.807) is 0 Å². The molecule has 0 aliphatic carbocycles. The SMILES string of the molecule is Cl.O.c1cc[nH]c1. The lowest BCUT2D eigenvalue weighted by Crippen LogP contribution is -1.38. The van der Waals surface area contributed by atoms with E-state index in [0.29, 0.717) is 0 Å². The van der Waals surface area contributed by atoms with E-state index in [1.807, 2.05) is 24.5 Å². The Hall–Kier alpha value is -0.470. The molecule has 0 atom stereocenters. The molecular formula is C4H8ClNO. The van der Waals surface area contributed by atoms with Gasteiger partial charge in [0.15, 0.2) is 0 Å². The van der Waals surface area contributed by atoms with Crippen molar-refractivity contribution in [3.63, 3.8) is 0 Å². The minimum atomic E-state index is 0. The van der Waals surface area contributed by atoms with Crippen molar-refractivity contribution in [3.05, 3.63) is 24.5 Å². The maximum Gasteiger partial charge on any atom is 0.000496 e. The summed E-state index contributed by atoms with van der Waals surface area (Å²) in [5.41, 5.74) is 0. The first-order valence-corrected chi connectivity index (χ1v) is 1.58. The zero-order chi connectivity index (χ0) is 3.54. The molecule has 0 bridgehead atoms. The number of halogens is 1. The van der Waals surface area contributed by atoms with Gasteiger partial charge in [0.1, 0.15) is 0 Å². The lowest BCUT2D eigenvalue weighted by atomic mass is 10.7. The van der Waals surface area contributed by atoms with Crippen LogP contribution in [0.2, 0.25) is 0 Å². The fraction of sp³-hybridized carbons (Fsp3) is 0. The minimum Gasteiger partial charge on any atom is -0.412 e. The van der Waals surface area contributed by atoms with Crippen LogP contribution < -0.4 is 0 Å². The van der Waals surface area contributed by atoms with E-state index in [4.69, 9.17) is 0 Å². The van der Waals surface area contributed by atoms with Gasteiger partial charge in [-0.25, -0.2) is 0 Å². The third kappa shape index (κ3) is 3.36. The second-order valence-corrected chi connectivity index (χ2v) is 0.885. The molecule has 0 aliphatic heterocycles. The highest BCUT2D eigenvalue weighted by molar-refractivity contribution is 5.85. The van der Waals surface area contributed by atoms with Crippen LogP contribution in [0.25, 0.3) is 0 Å². The van der Waals surface area contributed by atoms with E-state index in [2.05, 4.69) is 4.98 Å². The maximum atomic E-state index is 2.86. The fourth-order valence-electron chi connectivity index (χ4n) is 0.278. The Morgan fingerprint density at radius 2 is 1.43 bits per heavy atom. The predicted octanol–water partition coefficient (Wildman–Crippen LogP) is 0.612. The Bertz CT molecular complexity index is 68.2. The monoisotopic (exact) mass is 121 g/mol. The van der Waals surface area contributed by atoms with Crippen molar-refractivity contribution in [2.75, 3.05) is 0 Å². The highest BCUT2D eigenvalue weighted by Crippen LogP contribution is 1.72. The van der Waals surface area contributed by atoms with Gasteiger partial charge in [-0.1, -0.05) is 0 Å². The van der Waals surface area contributed by atoms with Crippen LogP contribution >= 0.6 is 12.4 Å². The quantitative estimate of drug-likeness (QED) is 0.523. The van der Waals surface area contributed by atoms with Crippen LogP contribution in [0, 0.1) is 0 Å². The molecule has 1 aromatic heterocycles. The average Bonchev–Trinajstić information content (AvgIpc) is 1.76. The highest BCUT2D eigenvalue weighted by Gasteiger charge is 1.55. The molecule has 0 aromatic carbocycles. The first kappa shape index (κ1) is 9.73. The molecule has 0 spiro atoms. The van der Waals surface area contributed by atoms with Gasteiger partial charge < -0.3 is 10.5 Å². The summed E-state index contributed by atoms with van der Waals surface area (Å²) in [5, 5.41) is 0. The van der Waals surface area contributed by atoms with Crippen molar-refractivity contribution in [2.45, 2.75) is 0 Å². The summed E-state index contributed by atoms with van der Waals surface area (Å²) in [6.07, 6.45) is 3.75. The van der Waals surface area contributed by atoms with Crippen LogP contribution in [0.5, 0.6) is 0 Å². The van der Waals surface area contributed by atoms with Crippen LogP contribution in [0.3, 0.4) is 0 Å². The third-order valence-electron chi connectivity index (χ3n) is 0.496. The number of rotatable bonds is 0. The predicted molar refractivity (Wildman–Crippen MR) is 31.7 cm³/mol. The lowest BCUT2D eigenvalue weighted by Gasteiger charge is -1.49. The second-order valence-electron chi connectivity index (χ2n) is 0.885. The molecule has 0 fully saturated rings. The van der Waals surface area contributed by atoms with E-state index in [-0.39, 0.29) is 17.9 Å². The largest absolute Gasteiger partial charge is 0.412 e. The maximum absolute atomic E-state index is 2.86. The zero-order valence-corrected chi connectivity index (χ0v) is 4.53. The molecule has 3 heteroatoms.